The Kier molecular flexibility index (Phi) is 2.98. The van der Waals surface area contributed by atoms with Gasteiger partial charge in [-0.25, -0.2) is 9.37 Å². The second kappa shape index (κ2) is 4.33. The Morgan fingerprint density at radius 1 is 1.00 bits per heavy atom. The van der Waals surface area contributed by atoms with Crippen LogP contribution in [0.15, 0.2) is 24.3 Å². The average molecular weight is 246 g/mol. The van der Waals surface area contributed by atoms with E-state index < -0.39 is 0 Å². The number of anilines is 1. The maximum atomic E-state index is 12.9. The van der Waals surface area contributed by atoms with Crippen molar-refractivity contribution in [2.45, 2.75) is 26.2 Å². The smallest absolute Gasteiger partial charge is 0.223 e. The first kappa shape index (κ1) is 12.4. The minimum atomic E-state index is -0.295. The van der Waals surface area contributed by atoms with Crippen LogP contribution in [0.1, 0.15) is 26.6 Å². The van der Waals surface area contributed by atoms with Gasteiger partial charge < -0.3 is 5.73 Å². The van der Waals surface area contributed by atoms with Crippen molar-refractivity contribution in [3.63, 3.8) is 0 Å². The second-order valence-corrected chi connectivity index (χ2v) is 5.10. The summed E-state index contributed by atoms with van der Waals surface area (Å²) in [6.45, 7) is 5.99. The molecule has 94 valence electrons. The number of nitrogens with two attached hydrogens (primary N) is 1. The molecule has 1 aromatic heterocycles. The molecule has 4 nitrogen and oxygen atoms in total. The highest BCUT2D eigenvalue weighted by Gasteiger charge is 2.19. The molecule has 1 heterocycles. The first-order valence-electron chi connectivity index (χ1n) is 5.64. The molecule has 0 aliphatic heterocycles. The molecule has 0 radical (unpaired) electrons. The molecule has 18 heavy (non-hydrogen) atoms. The van der Waals surface area contributed by atoms with E-state index in [0.29, 0.717) is 11.6 Å². The van der Waals surface area contributed by atoms with Crippen LogP contribution in [0.3, 0.4) is 0 Å². The summed E-state index contributed by atoms with van der Waals surface area (Å²) in [4.78, 5) is 12.6. The fraction of sp³-hybridized carbons (Fsp3) is 0.308. The molecule has 0 aliphatic carbocycles. The summed E-state index contributed by atoms with van der Waals surface area (Å²) in [5, 5.41) is 0. The number of benzene rings is 1. The van der Waals surface area contributed by atoms with Gasteiger partial charge in [-0.15, -0.1) is 0 Å². The van der Waals surface area contributed by atoms with Gasteiger partial charge in [-0.1, -0.05) is 20.8 Å². The lowest BCUT2D eigenvalue weighted by Gasteiger charge is -2.17. The molecule has 0 fully saturated rings. The Bertz CT molecular complexity index is 558. The molecule has 2 aromatic rings. The monoisotopic (exact) mass is 246 g/mol. The van der Waals surface area contributed by atoms with E-state index in [1.54, 1.807) is 12.1 Å². The van der Waals surface area contributed by atoms with Gasteiger partial charge in [-0.05, 0) is 24.3 Å². The van der Waals surface area contributed by atoms with Crippen LogP contribution in [0.5, 0.6) is 0 Å². The summed E-state index contributed by atoms with van der Waals surface area (Å²) in [5.41, 5.74) is 6.19. The van der Waals surface area contributed by atoms with Crippen LogP contribution in [-0.4, -0.2) is 15.0 Å². The van der Waals surface area contributed by atoms with Gasteiger partial charge in [-0.2, -0.15) is 9.97 Å². The van der Waals surface area contributed by atoms with Crippen LogP contribution >= 0.6 is 0 Å². The predicted molar refractivity (Wildman–Crippen MR) is 68.3 cm³/mol. The molecule has 2 rings (SSSR count). The van der Waals surface area contributed by atoms with Gasteiger partial charge in [0, 0.05) is 11.0 Å². The molecule has 2 N–H and O–H groups in total. The van der Waals surface area contributed by atoms with Crippen molar-refractivity contribution >= 4 is 5.95 Å². The quantitative estimate of drug-likeness (QED) is 0.839. The summed E-state index contributed by atoms with van der Waals surface area (Å²) < 4.78 is 12.9. The molecule has 0 spiro atoms. The zero-order chi connectivity index (χ0) is 13.3. The molecule has 0 bridgehead atoms. The number of nitrogens with zero attached hydrogens (tertiary/aromatic N) is 3. The number of nitrogen functional groups attached to an aromatic ring is 1. The van der Waals surface area contributed by atoms with E-state index in [2.05, 4.69) is 15.0 Å². The number of halogens is 1. The Morgan fingerprint density at radius 3 is 2.17 bits per heavy atom. The van der Waals surface area contributed by atoms with Gasteiger partial charge in [0.15, 0.2) is 5.82 Å². The van der Waals surface area contributed by atoms with E-state index in [-0.39, 0.29) is 17.2 Å². The minimum absolute atomic E-state index is 0.175. The summed E-state index contributed by atoms with van der Waals surface area (Å²) in [6, 6.07) is 5.98. The maximum absolute atomic E-state index is 12.9. The lowest BCUT2D eigenvalue weighted by atomic mass is 9.96. The Balaban J connectivity index is 2.52. The van der Waals surface area contributed by atoms with Crippen molar-refractivity contribution in [2.24, 2.45) is 0 Å². The van der Waals surface area contributed by atoms with Crippen LogP contribution in [0, 0.1) is 5.82 Å². The number of hydrogen-bond acceptors (Lipinski definition) is 4. The van der Waals surface area contributed by atoms with Gasteiger partial charge in [0.25, 0.3) is 0 Å². The fourth-order valence-corrected chi connectivity index (χ4v) is 1.46. The van der Waals surface area contributed by atoms with Gasteiger partial charge in [-0.3, -0.25) is 0 Å². The highest BCUT2D eigenvalue weighted by Crippen LogP contribution is 2.22. The normalized spacial score (nSPS) is 11.6. The van der Waals surface area contributed by atoms with Crippen molar-refractivity contribution in [1.29, 1.82) is 0 Å². The summed E-state index contributed by atoms with van der Waals surface area (Å²) in [7, 11) is 0. The lowest BCUT2D eigenvalue weighted by molar-refractivity contribution is 0.544. The molecule has 0 saturated carbocycles. The summed E-state index contributed by atoms with van der Waals surface area (Å²) >= 11 is 0. The van der Waals surface area contributed by atoms with E-state index in [0.717, 1.165) is 5.56 Å². The summed E-state index contributed by atoms with van der Waals surface area (Å²) in [5.74, 6) is 0.966. The number of rotatable bonds is 1. The molecule has 0 saturated heterocycles. The Morgan fingerprint density at radius 2 is 1.61 bits per heavy atom. The molecular formula is C13H15FN4. The van der Waals surface area contributed by atoms with E-state index in [1.807, 2.05) is 20.8 Å². The molecule has 0 amide bonds. The van der Waals surface area contributed by atoms with Crippen molar-refractivity contribution in [2.75, 3.05) is 5.73 Å². The molecular weight excluding hydrogens is 231 g/mol. The Hall–Kier alpha value is -2.04. The van der Waals surface area contributed by atoms with Crippen LogP contribution in [0.25, 0.3) is 11.4 Å². The van der Waals surface area contributed by atoms with E-state index in [1.165, 1.54) is 12.1 Å². The van der Waals surface area contributed by atoms with Crippen molar-refractivity contribution in [3.8, 4) is 11.4 Å². The topological polar surface area (TPSA) is 64.7 Å². The molecule has 5 heteroatoms. The van der Waals surface area contributed by atoms with Gasteiger partial charge in [0.1, 0.15) is 11.6 Å². The second-order valence-electron chi connectivity index (χ2n) is 5.10. The van der Waals surface area contributed by atoms with Gasteiger partial charge in [0.05, 0.1) is 0 Å². The van der Waals surface area contributed by atoms with E-state index in [9.17, 15) is 4.39 Å². The highest BCUT2D eigenvalue weighted by atomic mass is 19.1. The van der Waals surface area contributed by atoms with Crippen LogP contribution in [0.2, 0.25) is 0 Å². The maximum Gasteiger partial charge on any atom is 0.223 e. The molecule has 1 aromatic carbocycles. The van der Waals surface area contributed by atoms with Crippen LogP contribution < -0.4 is 5.73 Å². The van der Waals surface area contributed by atoms with Crippen molar-refractivity contribution < 1.29 is 4.39 Å². The van der Waals surface area contributed by atoms with Gasteiger partial charge >= 0.3 is 0 Å². The largest absolute Gasteiger partial charge is 0.368 e. The predicted octanol–water partition coefficient (Wildman–Crippen LogP) is 2.56. The third kappa shape index (κ3) is 2.61. The van der Waals surface area contributed by atoms with Gasteiger partial charge in [0.2, 0.25) is 5.95 Å². The van der Waals surface area contributed by atoms with E-state index in [4.69, 9.17) is 5.73 Å². The number of aromatic nitrogens is 3. The van der Waals surface area contributed by atoms with Crippen LogP contribution in [0.4, 0.5) is 10.3 Å². The fourth-order valence-electron chi connectivity index (χ4n) is 1.46. The third-order valence-electron chi connectivity index (χ3n) is 2.43. The molecule has 0 unspecified atom stereocenters. The third-order valence-corrected chi connectivity index (χ3v) is 2.43. The number of hydrogen-bond donors (Lipinski definition) is 1. The first-order chi connectivity index (χ1) is 8.36. The van der Waals surface area contributed by atoms with Crippen molar-refractivity contribution in [1.82, 2.24) is 15.0 Å². The van der Waals surface area contributed by atoms with Crippen LogP contribution in [-0.2, 0) is 5.41 Å². The highest BCUT2D eigenvalue weighted by molar-refractivity contribution is 5.55. The SMILES string of the molecule is CC(C)(C)c1nc(N)nc(-c2ccc(F)cc2)n1. The van der Waals surface area contributed by atoms with Crippen molar-refractivity contribution in [3.05, 3.63) is 35.9 Å². The average Bonchev–Trinajstić information content (AvgIpc) is 2.28. The summed E-state index contributed by atoms with van der Waals surface area (Å²) in [6.07, 6.45) is 0. The zero-order valence-corrected chi connectivity index (χ0v) is 10.6. The lowest BCUT2D eigenvalue weighted by Crippen LogP contribution is -2.18. The Labute approximate surface area is 105 Å². The molecule has 0 atom stereocenters. The first-order valence-corrected chi connectivity index (χ1v) is 5.64. The van der Waals surface area contributed by atoms with E-state index >= 15 is 0 Å². The standard InChI is InChI=1S/C13H15FN4/c1-13(2,3)11-16-10(17-12(15)18-11)8-4-6-9(14)7-5-8/h4-7H,1-3H3,(H2,15,16,17,18). The minimum Gasteiger partial charge on any atom is -0.368 e. The zero-order valence-electron chi connectivity index (χ0n) is 10.6. The molecule has 0 aliphatic rings.